The normalized spacial score (nSPS) is 38.6. The topological polar surface area (TPSA) is 0 Å². The van der Waals surface area contributed by atoms with Gasteiger partial charge in [0.25, 0.3) is 0 Å². The molecule has 0 nitrogen and oxygen atoms in total. The van der Waals surface area contributed by atoms with Crippen LogP contribution in [0.3, 0.4) is 0 Å². The van der Waals surface area contributed by atoms with Gasteiger partial charge in [-0.25, -0.2) is 0 Å². The molecule has 1 saturated carbocycles. The molecule has 1 fully saturated rings. The minimum absolute atomic E-state index is 0.333. The molecule has 0 radical (unpaired) electrons. The summed E-state index contributed by atoms with van der Waals surface area (Å²) in [6.07, 6.45) is 1.32. The maximum Gasteiger partial charge on any atom is -0.0208 e. The Labute approximate surface area is 154 Å². The van der Waals surface area contributed by atoms with Crippen LogP contribution < -0.4 is 0 Å². The van der Waals surface area contributed by atoms with Gasteiger partial charge in [-0.3, -0.25) is 0 Å². The van der Waals surface area contributed by atoms with Crippen molar-refractivity contribution in [2.75, 3.05) is 0 Å². The third kappa shape index (κ3) is 2.99. The summed E-state index contributed by atoms with van der Waals surface area (Å²) in [6, 6.07) is 0. The van der Waals surface area contributed by atoms with E-state index >= 15 is 0 Å². The molecule has 0 aliphatic heterocycles. The molecule has 0 aromatic rings. The Morgan fingerprint density at radius 1 is 0.917 bits per heavy atom. The highest BCUT2D eigenvalue weighted by atomic mass is 14.7. The van der Waals surface area contributed by atoms with Crippen LogP contribution in [0.25, 0.3) is 0 Å². The fourth-order valence-electron chi connectivity index (χ4n) is 7.37. The van der Waals surface area contributed by atoms with Gasteiger partial charge in [-0.05, 0) is 57.7 Å². The fraction of sp³-hybridized carbons (Fsp3) is 1.00. The van der Waals surface area contributed by atoms with Gasteiger partial charge in [0, 0.05) is 0 Å². The third-order valence-electron chi connectivity index (χ3n) is 9.55. The summed E-state index contributed by atoms with van der Waals surface area (Å²) in [4.78, 5) is 0. The molecule has 0 aromatic heterocycles. The van der Waals surface area contributed by atoms with Crippen LogP contribution >= 0.6 is 0 Å². The highest BCUT2D eigenvalue weighted by Gasteiger charge is 2.63. The van der Waals surface area contributed by atoms with Crippen LogP contribution in [-0.4, -0.2) is 0 Å². The number of hydrogen-bond donors (Lipinski definition) is 0. The quantitative estimate of drug-likeness (QED) is 0.478. The van der Waals surface area contributed by atoms with Crippen molar-refractivity contribution in [1.82, 2.24) is 0 Å². The molecule has 144 valence electrons. The van der Waals surface area contributed by atoms with Gasteiger partial charge in [0.1, 0.15) is 0 Å². The highest BCUT2D eigenvalue weighted by Crippen LogP contribution is 2.68. The van der Waals surface area contributed by atoms with Gasteiger partial charge in [-0.1, -0.05) is 96.4 Å². The van der Waals surface area contributed by atoms with Gasteiger partial charge in [0.2, 0.25) is 0 Å². The Morgan fingerprint density at radius 2 is 1.38 bits per heavy atom. The van der Waals surface area contributed by atoms with Crippen LogP contribution in [0.1, 0.15) is 96.4 Å². The summed E-state index contributed by atoms with van der Waals surface area (Å²) >= 11 is 0. The van der Waals surface area contributed by atoms with Gasteiger partial charge in [-0.15, -0.1) is 0 Å². The summed E-state index contributed by atoms with van der Waals surface area (Å²) in [5.41, 5.74) is 1.10. The predicted octanol–water partition coefficient (Wildman–Crippen LogP) is 7.92. The molecule has 0 heteroatoms. The van der Waals surface area contributed by atoms with Gasteiger partial charge >= 0.3 is 0 Å². The molecule has 1 aliphatic carbocycles. The van der Waals surface area contributed by atoms with E-state index in [4.69, 9.17) is 0 Å². The second-order valence-corrected chi connectivity index (χ2v) is 11.2. The average Bonchev–Trinajstić information content (AvgIpc) is 2.43. The molecule has 6 unspecified atom stereocenters. The Morgan fingerprint density at radius 3 is 1.71 bits per heavy atom. The number of hydrogen-bond acceptors (Lipinski definition) is 0. The standard InChI is InChI=1S/C24H48/c1-14-20-17(6)21(16(4)5)24(13,19(8)22(20,9)10)23(11,12)18(7)15(2)3/h15-21H,14H2,1-13H3. The van der Waals surface area contributed by atoms with Gasteiger partial charge in [0.05, 0.1) is 0 Å². The van der Waals surface area contributed by atoms with Gasteiger partial charge < -0.3 is 0 Å². The Bertz CT molecular complexity index is 414. The van der Waals surface area contributed by atoms with Crippen LogP contribution in [0.15, 0.2) is 0 Å². The van der Waals surface area contributed by atoms with Gasteiger partial charge in [0.15, 0.2) is 0 Å². The van der Waals surface area contributed by atoms with Crippen LogP contribution in [0.2, 0.25) is 0 Å². The van der Waals surface area contributed by atoms with E-state index in [1.807, 2.05) is 0 Å². The Balaban J connectivity index is 3.60. The average molecular weight is 337 g/mol. The van der Waals surface area contributed by atoms with Crippen molar-refractivity contribution in [2.24, 2.45) is 57.7 Å². The minimum atomic E-state index is 0.333. The highest BCUT2D eigenvalue weighted by molar-refractivity contribution is 5.10. The van der Waals surface area contributed by atoms with E-state index in [-0.39, 0.29) is 0 Å². The molecule has 0 bridgehead atoms. The Kier molecular flexibility index (Phi) is 6.39. The lowest BCUT2D eigenvalue weighted by atomic mass is 9.37. The third-order valence-corrected chi connectivity index (χ3v) is 9.55. The molecule has 24 heavy (non-hydrogen) atoms. The lowest BCUT2D eigenvalue weighted by Crippen LogP contribution is -2.62. The van der Waals surface area contributed by atoms with Crippen LogP contribution in [0, 0.1) is 57.7 Å². The molecule has 0 saturated heterocycles. The van der Waals surface area contributed by atoms with Crippen molar-refractivity contribution in [3.63, 3.8) is 0 Å². The molecule has 0 amide bonds. The van der Waals surface area contributed by atoms with E-state index in [1.54, 1.807) is 0 Å². The molecule has 1 rings (SSSR count). The lowest BCUT2D eigenvalue weighted by molar-refractivity contribution is -0.201. The zero-order valence-electron chi connectivity index (χ0n) is 19.2. The van der Waals surface area contributed by atoms with Crippen LogP contribution in [-0.2, 0) is 0 Å². The van der Waals surface area contributed by atoms with Crippen molar-refractivity contribution >= 4 is 0 Å². The first-order chi connectivity index (χ1) is 10.7. The zero-order valence-corrected chi connectivity index (χ0v) is 19.2. The zero-order chi connectivity index (χ0) is 19.2. The van der Waals surface area contributed by atoms with Crippen molar-refractivity contribution in [1.29, 1.82) is 0 Å². The molecular weight excluding hydrogens is 288 g/mol. The maximum atomic E-state index is 2.66. The first kappa shape index (κ1) is 22.0. The van der Waals surface area contributed by atoms with Crippen molar-refractivity contribution in [2.45, 2.75) is 96.4 Å². The summed E-state index contributed by atoms with van der Waals surface area (Å²) in [5, 5.41) is 0. The van der Waals surface area contributed by atoms with Crippen molar-refractivity contribution in [3.8, 4) is 0 Å². The molecule has 0 aromatic carbocycles. The summed E-state index contributed by atoms with van der Waals surface area (Å²) in [7, 11) is 0. The molecule has 1 aliphatic rings. The fourth-order valence-corrected chi connectivity index (χ4v) is 7.37. The van der Waals surface area contributed by atoms with Crippen LogP contribution in [0.5, 0.6) is 0 Å². The summed E-state index contributed by atoms with van der Waals surface area (Å²) < 4.78 is 0. The van der Waals surface area contributed by atoms with E-state index in [0.717, 1.165) is 41.4 Å². The summed E-state index contributed by atoms with van der Waals surface area (Å²) in [6.45, 7) is 32.8. The molecule has 0 spiro atoms. The molecule has 6 atom stereocenters. The first-order valence-electron chi connectivity index (χ1n) is 10.7. The smallest absolute Gasteiger partial charge is 0.0208 e. The maximum absolute atomic E-state index is 2.66. The number of rotatable bonds is 5. The van der Waals surface area contributed by atoms with E-state index in [0.29, 0.717) is 16.2 Å². The van der Waals surface area contributed by atoms with Crippen molar-refractivity contribution in [3.05, 3.63) is 0 Å². The molecular formula is C24H48. The minimum Gasteiger partial charge on any atom is -0.0651 e. The van der Waals surface area contributed by atoms with Crippen LogP contribution in [0.4, 0.5) is 0 Å². The van der Waals surface area contributed by atoms with E-state index in [2.05, 4.69) is 90.0 Å². The van der Waals surface area contributed by atoms with Crippen molar-refractivity contribution < 1.29 is 0 Å². The lowest BCUT2D eigenvalue weighted by Gasteiger charge is -2.68. The second-order valence-electron chi connectivity index (χ2n) is 11.2. The SMILES string of the molecule is CCC1C(C)C(C(C)C)C(C)(C(C)(C)C(C)C(C)C)C(C)C1(C)C. The predicted molar refractivity (Wildman–Crippen MR) is 110 cm³/mol. The van der Waals surface area contributed by atoms with Gasteiger partial charge in [-0.2, -0.15) is 0 Å². The molecule has 0 N–H and O–H groups in total. The van der Waals surface area contributed by atoms with E-state index in [1.165, 1.54) is 6.42 Å². The Hall–Kier alpha value is 0. The largest absolute Gasteiger partial charge is 0.0651 e. The second kappa shape index (κ2) is 6.96. The van der Waals surface area contributed by atoms with E-state index in [9.17, 15) is 0 Å². The monoisotopic (exact) mass is 336 g/mol. The summed E-state index contributed by atoms with van der Waals surface area (Å²) in [5.74, 6) is 5.36. The molecule has 0 heterocycles. The first-order valence-corrected chi connectivity index (χ1v) is 10.7. The van der Waals surface area contributed by atoms with E-state index < -0.39 is 0 Å².